The summed E-state index contributed by atoms with van der Waals surface area (Å²) in [6.07, 6.45) is 1.76. The van der Waals surface area contributed by atoms with E-state index in [2.05, 4.69) is 10.3 Å². The molecule has 0 bridgehead atoms. The number of aryl methyl sites for hydroxylation is 1. The van der Waals surface area contributed by atoms with Crippen molar-refractivity contribution in [3.05, 3.63) is 29.3 Å². The summed E-state index contributed by atoms with van der Waals surface area (Å²) in [6.45, 7) is 9.06. The van der Waals surface area contributed by atoms with E-state index < -0.39 is 23.8 Å². The molecule has 7 heteroatoms. The van der Waals surface area contributed by atoms with Crippen molar-refractivity contribution in [3.8, 4) is 0 Å². The first-order valence-corrected chi connectivity index (χ1v) is 9.57. The molecule has 0 saturated heterocycles. The molecule has 1 aliphatic heterocycles. The number of nitrogens with one attached hydrogen (secondary N) is 1. The van der Waals surface area contributed by atoms with Gasteiger partial charge >= 0.3 is 6.09 Å². The minimum atomic E-state index is -1.15. The molecule has 7 nitrogen and oxygen atoms in total. The van der Waals surface area contributed by atoms with Crippen molar-refractivity contribution in [1.82, 2.24) is 5.32 Å². The topological polar surface area (TPSA) is 88.1 Å². The first kappa shape index (κ1) is 21.6. The Labute approximate surface area is 166 Å². The summed E-state index contributed by atoms with van der Waals surface area (Å²) < 4.78 is 5.24. The number of benzodiazepines with no additional fused rings is 1. The van der Waals surface area contributed by atoms with E-state index in [-0.39, 0.29) is 12.3 Å². The quantitative estimate of drug-likeness (QED) is 0.810. The van der Waals surface area contributed by atoms with Gasteiger partial charge in [-0.1, -0.05) is 31.5 Å². The normalized spacial score (nSPS) is 16.4. The maximum Gasteiger partial charge on any atom is 0.409 e. The molecule has 1 aliphatic rings. The molecule has 1 aromatic rings. The number of anilines is 1. The highest BCUT2D eigenvalue weighted by Gasteiger charge is 2.32. The van der Waals surface area contributed by atoms with Gasteiger partial charge < -0.3 is 9.64 Å². The Morgan fingerprint density at radius 3 is 2.64 bits per heavy atom. The molecule has 0 saturated carbocycles. The zero-order chi connectivity index (χ0) is 20.9. The summed E-state index contributed by atoms with van der Waals surface area (Å²) in [5.74, 6) is -0.484. The van der Waals surface area contributed by atoms with Crippen LogP contribution in [0.5, 0.6) is 0 Å². The van der Waals surface area contributed by atoms with E-state index in [0.29, 0.717) is 12.1 Å². The highest BCUT2D eigenvalue weighted by Crippen LogP contribution is 2.27. The summed E-state index contributed by atoms with van der Waals surface area (Å²) >= 11 is 0. The Bertz CT molecular complexity index is 780. The summed E-state index contributed by atoms with van der Waals surface area (Å²) in [6, 6.07) is 5.58. The van der Waals surface area contributed by atoms with Gasteiger partial charge in [-0.25, -0.2) is 4.79 Å². The molecule has 0 fully saturated rings. The minimum absolute atomic E-state index is 0.0256. The minimum Gasteiger partial charge on any atom is -0.444 e. The van der Waals surface area contributed by atoms with Crippen molar-refractivity contribution in [2.24, 2.45) is 4.99 Å². The largest absolute Gasteiger partial charge is 0.444 e. The van der Waals surface area contributed by atoms with Crippen LogP contribution in [0, 0.1) is 6.92 Å². The van der Waals surface area contributed by atoms with Gasteiger partial charge in [-0.15, -0.1) is 0 Å². The SMILES string of the molecule is CCCCC(=O)CN1C(=O)C(NC(=O)OC(C)(C)C)N=Cc2cccc(C)c21. The van der Waals surface area contributed by atoms with Crippen LogP contribution in [-0.2, 0) is 14.3 Å². The molecule has 1 atom stereocenters. The van der Waals surface area contributed by atoms with Gasteiger partial charge in [-0.05, 0) is 39.7 Å². The van der Waals surface area contributed by atoms with Gasteiger partial charge in [0.1, 0.15) is 5.60 Å². The van der Waals surface area contributed by atoms with Gasteiger partial charge in [0.15, 0.2) is 5.78 Å². The highest BCUT2D eigenvalue weighted by atomic mass is 16.6. The standard InChI is InChI=1S/C21H29N3O4/c1-6-7-11-16(25)13-24-17-14(2)9-8-10-15(17)12-22-18(19(24)26)23-20(27)28-21(3,4)5/h8-10,12,18H,6-7,11,13H2,1-5H3,(H,23,27). The number of benzene rings is 1. The zero-order valence-corrected chi connectivity index (χ0v) is 17.2. The van der Waals surface area contributed by atoms with Gasteiger partial charge in [0.2, 0.25) is 6.17 Å². The van der Waals surface area contributed by atoms with Crippen molar-refractivity contribution in [1.29, 1.82) is 0 Å². The van der Waals surface area contributed by atoms with Crippen molar-refractivity contribution < 1.29 is 19.1 Å². The Morgan fingerprint density at radius 1 is 1.29 bits per heavy atom. The number of carbonyl (C=O) groups excluding carboxylic acids is 3. The molecule has 1 aromatic carbocycles. The van der Waals surface area contributed by atoms with Gasteiger partial charge in [0.25, 0.3) is 5.91 Å². The number of fused-ring (bicyclic) bond motifs is 1. The number of nitrogens with zero attached hydrogens (tertiary/aromatic N) is 2. The van der Waals surface area contributed by atoms with Crippen LogP contribution >= 0.6 is 0 Å². The van der Waals surface area contributed by atoms with E-state index in [1.54, 1.807) is 27.0 Å². The van der Waals surface area contributed by atoms with Gasteiger partial charge in [0.05, 0.1) is 12.2 Å². The summed E-state index contributed by atoms with van der Waals surface area (Å²) in [5.41, 5.74) is 1.54. The van der Waals surface area contributed by atoms with Crippen molar-refractivity contribution >= 4 is 29.7 Å². The number of para-hydroxylation sites is 1. The lowest BCUT2D eigenvalue weighted by Crippen LogP contribution is -2.50. The number of ketones is 1. The van der Waals surface area contributed by atoms with Crippen molar-refractivity contribution in [2.75, 3.05) is 11.4 Å². The first-order chi connectivity index (χ1) is 13.1. The second kappa shape index (κ2) is 8.99. The van der Waals surface area contributed by atoms with Crippen LogP contribution in [0.25, 0.3) is 0 Å². The second-order valence-corrected chi connectivity index (χ2v) is 7.91. The molecular formula is C21H29N3O4. The maximum atomic E-state index is 13.2. The van der Waals surface area contributed by atoms with Crippen molar-refractivity contribution in [3.63, 3.8) is 0 Å². The van der Waals surface area contributed by atoms with Crippen LogP contribution in [0.1, 0.15) is 58.1 Å². The Kier molecular flexibility index (Phi) is 6.94. The summed E-state index contributed by atoms with van der Waals surface area (Å²) in [7, 11) is 0. The number of Topliss-reactive ketones (excluding diaryl/α,β-unsaturated/α-hetero) is 1. The number of rotatable bonds is 6. The Balaban J connectivity index is 2.31. The molecule has 2 amide bonds. The number of carbonyl (C=O) groups is 3. The van der Waals surface area contributed by atoms with Gasteiger partial charge in [0, 0.05) is 18.2 Å². The predicted octanol–water partition coefficient (Wildman–Crippen LogP) is 3.37. The molecule has 0 aliphatic carbocycles. The number of alkyl carbamates (subject to hydrolysis) is 1. The van der Waals surface area contributed by atoms with Crippen LogP contribution in [0.3, 0.4) is 0 Å². The number of amides is 2. The van der Waals surface area contributed by atoms with E-state index in [9.17, 15) is 14.4 Å². The lowest BCUT2D eigenvalue weighted by molar-refractivity contribution is -0.123. The average Bonchev–Trinajstić information content (AvgIpc) is 2.71. The van der Waals surface area contributed by atoms with Crippen LogP contribution < -0.4 is 10.2 Å². The van der Waals surface area contributed by atoms with E-state index in [1.165, 1.54) is 4.90 Å². The number of aliphatic imine (C=N–C) groups is 1. The fourth-order valence-corrected chi connectivity index (χ4v) is 2.94. The third-order valence-corrected chi connectivity index (χ3v) is 4.20. The molecule has 1 heterocycles. The van der Waals surface area contributed by atoms with E-state index in [0.717, 1.165) is 24.0 Å². The van der Waals surface area contributed by atoms with E-state index in [1.807, 2.05) is 32.0 Å². The lowest BCUT2D eigenvalue weighted by atomic mass is 10.1. The highest BCUT2D eigenvalue weighted by molar-refractivity contribution is 6.09. The van der Waals surface area contributed by atoms with Crippen LogP contribution in [0.2, 0.25) is 0 Å². The molecule has 152 valence electrons. The fourth-order valence-electron chi connectivity index (χ4n) is 2.94. The van der Waals surface area contributed by atoms with E-state index in [4.69, 9.17) is 4.74 Å². The zero-order valence-electron chi connectivity index (χ0n) is 17.2. The average molecular weight is 387 g/mol. The van der Waals surface area contributed by atoms with Crippen molar-refractivity contribution in [2.45, 2.75) is 65.6 Å². The first-order valence-electron chi connectivity index (χ1n) is 9.57. The molecule has 1 N–H and O–H groups in total. The number of hydrogen-bond acceptors (Lipinski definition) is 5. The molecule has 0 spiro atoms. The van der Waals surface area contributed by atoms with Crippen LogP contribution in [-0.4, -0.2) is 42.3 Å². The van der Waals surface area contributed by atoms with Gasteiger partial charge in [-0.2, -0.15) is 0 Å². The molecule has 1 unspecified atom stereocenters. The molecular weight excluding hydrogens is 358 g/mol. The summed E-state index contributed by atoms with van der Waals surface area (Å²) in [5, 5.41) is 2.50. The Hall–Kier alpha value is -2.70. The lowest BCUT2D eigenvalue weighted by Gasteiger charge is -2.27. The predicted molar refractivity (Wildman–Crippen MR) is 109 cm³/mol. The third-order valence-electron chi connectivity index (χ3n) is 4.20. The second-order valence-electron chi connectivity index (χ2n) is 7.91. The number of ether oxygens (including phenoxy) is 1. The molecule has 2 rings (SSSR count). The van der Waals surface area contributed by atoms with Crippen LogP contribution in [0.4, 0.5) is 10.5 Å². The monoisotopic (exact) mass is 387 g/mol. The molecule has 28 heavy (non-hydrogen) atoms. The van der Waals surface area contributed by atoms with Crippen LogP contribution in [0.15, 0.2) is 23.2 Å². The number of unbranched alkanes of at least 4 members (excludes halogenated alkanes) is 1. The summed E-state index contributed by atoms with van der Waals surface area (Å²) in [4.78, 5) is 43.4. The smallest absolute Gasteiger partial charge is 0.409 e. The third kappa shape index (κ3) is 5.65. The maximum absolute atomic E-state index is 13.2. The van der Waals surface area contributed by atoms with Gasteiger partial charge in [-0.3, -0.25) is 19.9 Å². The van der Waals surface area contributed by atoms with E-state index >= 15 is 0 Å². The molecule has 0 aromatic heterocycles. The molecule has 0 radical (unpaired) electrons. The Morgan fingerprint density at radius 2 is 2.00 bits per heavy atom. The number of hydrogen-bond donors (Lipinski definition) is 1. The fraction of sp³-hybridized carbons (Fsp3) is 0.524.